The van der Waals surface area contributed by atoms with Crippen molar-refractivity contribution in [2.45, 2.75) is 121 Å². The maximum atomic E-state index is 12.3. The number of amides is 4. The highest BCUT2D eigenvalue weighted by molar-refractivity contribution is 5.76. The zero-order chi connectivity index (χ0) is 35.8. The number of aliphatic hydroxyl groups excluding tert-OH is 6. The predicted octanol–water partition coefficient (Wildman–Crippen LogP) is -3.88. The Bertz CT molecular complexity index is 933. The molecular weight excluding hydrogens is 640 g/mol. The molecule has 10 atom stereocenters. The van der Waals surface area contributed by atoms with Crippen molar-refractivity contribution in [3.8, 4) is 0 Å². The molecule has 18 heteroatoms. The predicted molar refractivity (Wildman–Crippen MR) is 166 cm³/mol. The minimum absolute atomic E-state index is 0.0321. The van der Waals surface area contributed by atoms with Crippen LogP contribution in [-0.4, -0.2) is 155 Å². The molecule has 0 spiro atoms. The smallest absolute Gasteiger partial charge is 0.220 e. The van der Waals surface area contributed by atoms with Gasteiger partial charge in [-0.1, -0.05) is 6.92 Å². The van der Waals surface area contributed by atoms with Crippen LogP contribution in [0.25, 0.3) is 0 Å². The first-order chi connectivity index (χ1) is 22.8. The standard InChI is InChI=1S/C30H54N4O14/c1-16(12-31-21(39)8-4-6-10-45-29-23(33-17(2)37)27(43)25(41)19(14-35)47-29)13-32-22(40)9-5-7-11-46-30-24(34-18(3)38)28(44)26(42)20(15-36)48-30/h16,19-20,23-30,35-36,41-44H,4-15H2,1-3H3,(H,31,39)(H,32,40)(H,33,37)(H,34,38)/t16?,19?,20?,23-,24-,25-,26-,27?,28?,29+,30+/m0/s1. The van der Waals surface area contributed by atoms with Crippen molar-refractivity contribution in [3.05, 3.63) is 0 Å². The highest BCUT2D eigenvalue weighted by atomic mass is 16.7. The Morgan fingerprint density at radius 1 is 0.646 bits per heavy atom. The molecule has 2 aliphatic heterocycles. The van der Waals surface area contributed by atoms with E-state index >= 15 is 0 Å². The molecule has 4 amide bonds. The molecule has 2 saturated heterocycles. The lowest BCUT2D eigenvalue weighted by molar-refractivity contribution is -0.270. The highest BCUT2D eigenvalue weighted by Crippen LogP contribution is 2.24. The number of carbonyl (C=O) groups is 4. The Balaban J connectivity index is 1.57. The quantitative estimate of drug-likeness (QED) is 0.0546. The Hall–Kier alpha value is -2.52. The van der Waals surface area contributed by atoms with Gasteiger partial charge in [0.1, 0.15) is 48.7 Å². The van der Waals surface area contributed by atoms with Gasteiger partial charge in [0.2, 0.25) is 23.6 Å². The lowest BCUT2D eigenvalue weighted by Crippen LogP contribution is -2.64. The third-order valence-corrected chi connectivity index (χ3v) is 7.96. The van der Waals surface area contributed by atoms with Crippen LogP contribution in [0, 0.1) is 5.92 Å². The minimum Gasteiger partial charge on any atom is -0.394 e. The van der Waals surface area contributed by atoms with Gasteiger partial charge in [0, 0.05) is 53.0 Å². The van der Waals surface area contributed by atoms with Crippen molar-refractivity contribution in [2.24, 2.45) is 5.92 Å². The van der Waals surface area contributed by atoms with Gasteiger partial charge in [-0.25, -0.2) is 0 Å². The van der Waals surface area contributed by atoms with Gasteiger partial charge in [-0.15, -0.1) is 0 Å². The van der Waals surface area contributed by atoms with E-state index in [0.29, 0.717) is 38.8 Å². The molecule has 18 nitrogen and oxygen atoms in total. The number of hydrogen-bond acceptors (Lipinski definition) is 14. The molecule has 0 aliphatic carbocycles. The van der Waals surface area contributed by atoms with Crippen LogP contribution in [0.1, 0.15) is 59.3 Å². The van der Waals surface area contributed by atoms with Crippen LogP contribution in [0.5, 0.6) is 0 Å². The molecule has 2 fully saturated rings. The van der Waals surface area contributed by atoms with Crippen LogP contribution < -0.4 is 21.3 Å². The van der Waals surface area contributed by atoms with E-state index in [1.807, 2.05) is 6.92 Å². The minimum atomic E-state index is -1.40. The van der Waals surface area contributed by atoms with Crippen molar-refractivity contribution < 1.29 is 68.8 Å². The van der Waals surface area contributed by atoms with E-state index in [2.05, 4.69) is 21.3 Å². The second-order valence-corrected chi connectivity index (χ2v) is 12.2. The molecule has 0 radical (unpaired) electrons. The Labute approximate surface area is 279 Å². The highest BCUT2D eigenvalue weighted by Gasteiger charge is 2.46. The van der Waals surface area contributed by atoms with Crippen LogP contribution in [0.15, 0.2) is 0 Å². The fourth-order valence-corrected chi connectivity index (χ4v) is 5.23. The maximum Gasteiger partial charge on any atom is 0.220 e. The Kier molecular flexibility index (Phi) is 18.7. The van der Waals surface area contributed by atoms with Crippen molar-refractivity contribution in [1.82, 2.24) is 21.3 Å². The van der Waals surface area contributed by atoms with Crippen molar-refractivity contribution >= 4 is 23.6 Å². The van der Waals surface area contributed by atoms with Crippen LogP contribution in [0.2, 0.25) is 0 Å². The molecule has 0 aromatic rings. The summed E-state index contributed by atoms with van der Waals surface area (Å²) >= 11 is 0. The second kappa shape index (κ2) is 21.5. The average molecular weight is 695 g/mol. The average Bonchev–Trinajstić information content (AvgIpc) is 3.04. The zero-order valence-corrected chi connectivity index (χ0v) is 27.8. The van der Waals surface area contributed by atoms with Crippen LogP contribution >= 0.6 is 0 Å². The largest absolute Gasteiger partial charge is 0.394 e. The molecule has 278 valence electrons. The normalized spacial score (nSPS) is 31.0. The van der Waals surface area contributed by atoms with E-state index in [4.69, 9.17) is 18.9 Å². The van der Waals surface area contributed by atoms with Gasteiger partial charge in [0.25, 0.3) is 0 Å². The Morgan fingerprint density at radius 3 is 1.35 bits per heavy atom. The topological polar surface area (TPSA) is 275 Å². The van der Waals surface area contributed by atoms with Crippen LogP contribution in [0.3, 0.4) is 0 Å². The van der Waals surface area contributed by atoms with E-state index in [-0.39, 0.29) is 43.8 Å². The van der Waals surface area contributed by atoms with Gasteiger partial charge in [-0.05, 0) is 31.6 Å². The summed E-state index contributed by atoms with van der Waals surface area (Å²) in [5.41, 5.74) is 0. The third-order valence-electron chi connectivity index (χ3n) is 7.96. The maximum absolute atomic E-state index is 12.3. The molecule has 2 aliphatic rings. The summed E-state index contributed by atoms with van der Waals surface area (Å²) in [4.78, 5) is 47.5. The zero-order valence-electron chi connectivity index (χ0n) is 27.8. The first-order valence-corrected chi connectivity index (χ1v) is 16.3. The van der Waals surface area contributed by atoms with Crippen molar-refractivity contribution in [2.75, 3.05) is 39.5 Å². The molecule has 48 heavy (non-hydrogen) atoms. The lowest BCUT2D eigenvalue weighted by atomic mass is 9.97. The number of hydrogen-bond donors (Lipinski definition) is 10. The first kappa shape index (κ1) is 41.7. The Morgan fingerprint density at radius 2 is 1.02 bits per heavy atom. The third kappa shape index (κ3) is 13.8. The summed E-state index contributed by atoms with van der Waals surface area (Å²) < 4.78 is 22.3. The summed E-state index contributed by atoms with van der Waals surface area (Å²) in [6.45, 7) is 4.29. The number of nitrogens with one attached hydrogen (secondary N) is 4. The second-order valence-electron chi connectivity index (χ2n) is 12.2. The monoisotopic (exact) mass is 694 g/mol. The van der Waals surface area contributed by atoms with Crippen LogP contribution in [0.4, 0.5) is 0 Å². The summed E-state index contributed by atoms with van der Waals surface area (Å²) in [6.07, 6.45) is -7.56. The van der Waals surface area contributed by atoms with Gasteiger partial charge in [0.05, 0.1) is 13.2 Å². The van der Waals surface area contributed by atoms with Crippen LogP contribution in [-0.2, 0) is 38.1 Å². The fraction of sp³-hybridized carbons (Fsp3) is 0.867. The molecule has 2 heterocycles. The molecule has 2 rings (SSSR count). The van der Waals surface area contributed by atoms with E-state index in [1.165, 1.54) is 13.8 Å². The molecule has 0 bridgehead atoms. The summed E-state index contributed by atoms with van der Waals surface area (Å²) in [7, 11) is 0. The summed E-state index contributed by atoms with van der Waals surface area (Å²) in [5, 5.41) is 70.1. The van der Waals surface area contributed by atoms with E-state index in [9.17, 15) is 49.8 Å². The van der Waals surface area contributed by atoms with E-state index < -0.39 is 86.3 Å². The number of carbonyl (C=O) groups excluding carboxylic acids is 4. The van der Waals surface area contributed by atoms with Gasteiger partial charge in [-0.3, -0.25) is 19.2 Å². The molecule has 4 unspecified atom stereocenters. The van der Waals surface area contributed by atoms with E-state index in [0.717, 1.165) is 0 Å². The number of unbranched alkanes of at least 4 members (excludes halogenated alkanes) is 2. The first-order valence-electron chi connectivity index (χ1n) is 16.3. The molecular formula is C30H54N4O14. The van der Waals surface area contributed by atoms with Crippen molar-refractivity contribution in [3.63, 3.8) is 0 Å². The molecule has 10 N–H and O–H groups in total. The van der Waals surface area contributed by atoms with E-state index in [1.54, 1.807) is 0 Å². The summed E-state index contributed by atoms with van der Waals surface area (Å²) in [6, 6.07) is -2.06. The number of ether oxygens (including phenoxy) is 4. The SMILES string of the molecule is CC(=O)N[C@H]1C(O)[C@@H](O)C(CO)O[C@H]1OCCCCC(=O)NCC(C)CNC(=O)CCCCO[C@@H]1OC(CO)[C@H](O)C(O)[C@@H]1NC(C)=O. The number of rotatable bonds is 20. The van der Waals surface area contributed by atoms with Gasteiger partial charge < -0.3 is 70.9 Å². The fourth-order valence-electron chi connectivity index (χ4n) is 5.23. The lowest BCUT2D eigenvalue weighted by Gasteiger charge is -2.42. The molecule has 0 aromatic carbocycles. The number of aliphatic hydroxyl groups is 6. The summed E-state index contributed by atoms with van der Waals surface area (Å²) in [5.74, 6) is -1.28. The molecule has 0 aromatic heterocycles. The van der Waals surface area contributed by atoms with Crippen molar-refractivity contribution in [1.29, 1.82) is 0 Å². The van der Waals surface area contributed by atoms with Gasteiger partial charge in [0.15, 0.2) is 12.6 Å². The van der Waals surface area contributed by atoms with Gasteiger partial charge >= 0.3 is 0 Å². The molecule has 0 saturated carbocycles. The van der Waals surface area contributed by atoms with Gasteiger partial charge in [-0.2, -0.15) is 0 Å².